The van der Waals surface area contributed by atoms with Gasteiger partial charge in [-0.05, 0) is 24.1 Å². The molecular weight excluding hydrogens is 219 g/mol. The largest absolute Gasteiger partial charge is 0.271 e. The van der Waals surface area contributed by atoms with Crippen LogP contribution < -0.4 is 11.3 Å². The first-order valence-corrected chi connectivity index (χ1v) is 5.19. The summed E-state index contributed by atoms with van der Waals surface area (Å²) in [7, 11) is 0. The number of nitrogens with two attached hydrogens (primary N) is 1. The minimum absolute atomic E-state index is 0.250. The third-order valence-electron chi connectivity index (χ3n) is 2.61. The second-order valence-corrected chi connectivity index (χ2v) is 3.78. The molecule has 88 valence electrons. The van der Waals surface area contributed by atoms with Gasteiger partial charge in [0.05, 0.1) is 6.04 Å². The van der Waals surface area contributed by atoms with Crippen LogP contribution in [0.1, 0.15) is 22.7 Å². The second-order valence-electron chi connectivity index (χ2n) is 3.78. The van der Waals surface area contributed by atoms with Gasteiger partial charge in [0.1, 0.15) is 12.1 Å². The molecule has 0 amide bonds. The van der Waals surface area contributed by atoms with Gasteiger partial charge < -0.3 is 0 Å². The minimum Gasteiger partial charge on any atom is -0.271 e. The molecule has 3 N–H and O–H groups in total. The molecule has 1 aromatic heterocycles. The smallest absolute Gasteiger partial charge is 0.126 e. The van der Waals surface area contributed by atoms with Crippen molar-refractivity contribution in [3.63, 3.8) is 0 Å². The van der Waals surface area contributed by atoms with Crippen molar-refractivity contribution in [3.8, 4) is 0 Å². The highest BCUT2D eigenvalue weighted by Gasteiger charge is 2.14. The van der Waals surface area contributed by atoms with Crippen molar-refractivity contribution in [2.75, 3.05) is 0 Å². The maximum atomic E-state index is 13.5. The molecule has 1 aromatic carbocycles. The molecule has 17 heavy (non-hydrogen) atoms. The average Bonchev–Trinajstić information content (AvgIpc) is 2.36. The Hall–Kier alpha value is -1.85. The molecule has 2 aromatic rings. The third kappa shape index (κ3) is 2.46. The molecule has 0 spiro atoms. The number of nitrogens with one attached hydrogen (secondary N) is 1. The first-order valence-electron chi connectivity index (χ1n) is 5.19. The van der Waals surface area contributed by atoms with E-state index < -0.39 is 0 Å². The minimum atomic E-state index is -0.314. The molecule has 0 aliphatic heterocycles. The van der Waals surface area contributed by atoms with E-state index in [-0.39, 0.29) is 11.9 Å². The van der Waals surface area contributed by atoms with E-state index in [2.05, 4.69) is 15.4 Å². The van der Waals surface area contributed by atoms with Crippen molar-refractivity contribution in [1.82, 2.24) is 15.4 Å². The normalized spacial score (nSPS) is 12.4. The van der Waals surface area contributed by atoms with Gasteiger partial charge in [-0.25, -0.2) is 19.8 Å². The van der Waals surface area contributed by atoms with Crippen LogP contribution in [0.2, 0.25) is 0 Å². The summed E-state index contributed by atoms with van der Waals surface area (Å²) in [6, 6.07) is 4.70. The van der Waals surface area contributed by atoms with Crippen LogP contribution in [0.3, 0.4) is 0 Å². The van der Waals surface area contributed by atoms with Gasteiger partial charge in [-0.1, -0.05) is 12.1 Å². The number of aromatic nitrogens is 2. The summed E-state index contributed by atoms with van der Waals surface area (Å²) >= 11 is 0. The van der Waals surface area contributed by atoms with E-state index in [0.717, 1.165) is 11.1 Å². The fourth-order valence-corrected chi connectivity index (χ4v) is 1.63. The van der Waals surface area contributed by atoms with E-state index in [4.69, 9.17) is 5.84 Å². The van der Waals surface area contributed by atoms with Gasteiger partial charge in [0.15, 0.2) is 0 Å². The summed E-state index contributed by atoms with van der Waals surface area (Å²) in [6.45, 7) is 1.72. The fraction of sp³-hybridized carbons (Fsp3) is 0.167. The zero-order chi connectivity index (χ0) is 12.3. The van der Waals surface area contributed by atoms with Crippen molar-refractivity contribution < 1.29 is 4.39 Å². The van der Waals surface area contributed by atoms with Gasteiger partial charge in [0.2, 0.25) is 0 Å². The predicted octanol–water partition coefficient (Wildman–Crippen LogP) is 1.48. The second kappa shape index (κ2) is 4.99. The van der Waals surface area contributed by atoms with Crippen LogP contribution in [0, 0.1) is 12.7 Å². The van der Waals surface area contributed by atoms with E-state index in [1.807, 2.05) is 6.07 Å². The Morgan fingerprint density at radius 1 is 1.24 bits per heavy atom. The van der Waals surface area contributed by atoms with E-state index in [1.54, 1.807) is 25.4 Å². The van der Waals surface area contributed by atoms with Gasteiger partial charge in [0, 0.05) is 18.0 Å². The zero-order valence-corrected chi connectivity index (χ0v) is 9.39. The maximum absolute atomic E-state index is 13.5. The predicted molar refractivity (Wildman–Crippen MR) is 62.3 cm³/mol. The van der Waals surface area contributed by atoms with E-state index in [0.29, 0.717) is 5.56 Å². The number of aryl methyl sites for hydroxylation is 1. The SMILES string of the molecule is Cc1ccc(C(NN)c2cncnc2)cc1F. The Balaban J connectivity index is 2.39. The molecule has 0 bridgehead atoms. The van der Waals surface area contributed by atoms with Gasteiger partial charge in [-0.15, -0.1) is 0 Å². The molecule has 1 atom stereocenters. The Morgan fingerprint density at radius 2 is 1.94 bits per heavy atom. The molecule has 1 heterocycles. The zero-order valence-electron chi connectivity index (χ0n) is 9.39. The van der Waals surface area contributed by atoms with E-state index in [1.165, 1.54) is 12.4 Å². The van der Waals surface area contributed by atoms with Crippen molar-refractivity contribution in [2.24, 2.45) is 5.84 Å². The molecule has 4 nitrogen and oxygen atoms in total. The first-order chi connectivity index (χ1) is 8.22. The van der Waals surface area contributed by atoms with E-state index in [9.17, 15) is 4.39 Å². The molecule has 0 aliphatic carbocycles. The standard InChI is InChI=1S/C12H13FN4/c1-8-2-3-9(4-11(8)13)12(17-14)10-5-15-7-16-6-10/h2-7,12,17H,14H2,1H3. The fourth-order valence-electron chi connectivity index (χ4n) is 1.63. The van der Waals surface area contributed by atoms with Crippen LogP contribution in [0.15, 0.2) is 36.9 Å². The van der Waals surface area contributed by atoms with Crippen LogP contribution in [0.5, 0.6) is 0 Å². The molecule has 0 aliphatic rings. The highest BCUT2D eigenvalue weighted by molar-refractivity contribution is 5.31. The summed E-state index contributed by atoms with van der Waals surface area (Å²) in [6.07, 6.45) is 4.73. The third-order valence-corrected chi connectivity index (χ3v) is 2.61. The number of benzene rings is 1. The Labute approximate surface area is 98.7 Å². The highest BCUT2D eigenvalue weighted by atomic mass is 19.1. The summed E-state index contributed by atoms with van der Waals surface area (Å²) in [4.78, 5) is 7.84. The monoisotopic (exact) mass is 232 g/mol. The lowest BCUT2D eigenvalue weighted by atomic mass is 10.0. The maximum Gasteiger partial charge on any atom is 0.126 e. The summed E-state index contributed by atoms with van der Waals surface area (Å²) in [5.41, 5.74) is 4.77. The highest BCUT2D eigenvalue weighted by Crippen LogP contribution is 2.21. The Bertz CT molecular complexity index is 501. The van der Waals surface area contributed by atoms with Crippen LogP contribution in [-0.4, -0.2) is 9.97 Å². The quantitative estimate of drug-likeness (QED) is 0.621. The molecule has 0 saturated heterocycles. The summed E-state index contributed by atoms with van der Waals surface area (Å²) in [5.74, 6) is 5.25. The van der Waals surface area contributed by atoms with Crippen LogP contribution in [-0.2, 0) is 0 Å². The molecule has 0 saturated carbocycles. The van der Waals surface area contributed by atoms with Crippen molar-refractivity contribution in [3.05, 3.63) is 59.4 Å². The van der Waals surface area contributed by atoms with Crippen LogP contribution >= 0.6 is 0 Å². The number of hydrogen-bond donors (Lipinski definition) is 2. The molecule has 5 heteroatoms. The molecule has 0 radical (unpaired) electrons. The molecule has 2 rings (SSSR count). The lowest BCUT2D eigenvalue weighted by molar-refractivity contribution is 0.597. The van der Waals surface area contributed by atoms with Crippen molar-refractivity contribution in [1.29, 1.82) is 0 Å². The Morgan fingerprint density at radius 3 is 2.53 bits per heavy atom. The van der Waals surface area contributed by atoms with Gasteiger partial charge in [0.25, 0.3) is 0 Å². The number of hydrazine groups is 1. The van der Waals surface area contributed by atoms with Gasteiger partial charge in [-0.2, -0.15) is 0 Å². The Kier molecular flexibility index (Phi) is 3.41. The summed E-state index contributed by atoms with van der Waals surface area (Å²) in [5, 5.41) is 0. The van der Waals surface area contributed by atoms with Crippen molar-refractivity contribution >= 4 is 0 Å². The number of rotatable bonds is 3. The molecule has 1 unspecified atom stereocenters. The lowest BCUT2D eigenvalue weighted by Crippen LogP contribution is -2.29. The number of hydrogen-bond acceptors (Lipinski definition) is 4. The van der Waals surface area contributed by atoms with Gasteiger partial charge in [-0.3, -0.25) is 5.84 Å². The number of halogens is 1. The van der Waals surface area contributed by atoms with Gasteiger partial charge >= 0.3 is 0 Å². The van der Waals surface area contributed by atoms with Crippen LogP contribution in [0.4, 0.5) is 4.39 Å². The molecule has 0 fully saturated rings. The lowest BCUT2D eigenvalue weighted by Gasteiger charge is -2.16. The summed E-state index contributed by atoms with van der Waals surface area (Å²) < 4.78 is 13.5. The molecular formula is C12H13FN4. The van der Waals surface area contributed by atoms with Crippen molar-refractivity contribution in [2.45, 2.75) is 13.0 Å². The first kappa shape index (κ1) is 11.6. The van der Waals surface area contributed by atoms with E-state index >= 15 is 0 Å². The topological polar surface area (TPSA) is 63.8 Å². The van der Waals surface area contributed by atoms with Crippen LogP contribution in [0.25, 0.3) is 0 Å². The number of nitrogens with zero attached hydrogens (tertiary/aromatic N) is 2. The average molecular weight is 232 g/mol.